The maximum absolute atomic E-state index is 12.5. The summed E-state index contributed by atoms with van der Waals surface area (Å²) in [6.07, 6.45) is -0.444. The maximum Gasteiger partial charge on any atom is 0.407 e. The Balaban J connectivity index is 2.49. The molecule has 1 aromatic carbocycles. The van der Waals surface area contributed by atoms with Crippen LogP contribution in [0.5, 0.6) is 0 Å². The van der Waals surface area contributed by atoms with Crippen molar-refractivity contribution in [3.63, 3.8) is 0 Å². The number of hydrogen-bond acceptors (Lipinski definition) is 3. The molecule has 0 saturated heterocycles. The molecule has 1 aliphatic rings. The number of halogens is 1. The first kappa shape index (κ1) is 17.0. The van der Waals surface area contributed by atoms with Crippen molar-refractivity contribution in [2.75, 3.05) is 6.54 Å². The van der Waals surface area contributed by atoms with Gasteiger partial charge in [0, 0.05) is 28.4 Å². The summed E-state index contributed by atoms with van der Waals surface area (Å²) in [7, 11) is -1.50. The molecule has 0 bridgehead atoms. The lowest BCUT2D eigenvalue weighted by atomic mass is 9.95. The van der Waals surface area contributed by atoms with Crippen LogP contribution in [0.15, 0.2) is 12.1 Å². The molecule has 0 fully saturated rings. The minimum atomic E-state index is -1.50. The standard InChI is InChI=1S/C15H19ClN2O3S/c1-15(2,3)22(21)13(17)11-7-10(16)6-9-4-5-18(14(19)20)8-12(9)11/h6-7,17H,4-5,8H2,1-3H3,(H,19,20). The van der Waals surface area contributed by atoms with Crippen molar-refractivity contribution in [3.8, 4) is 0 Å². The second-order valence-electron chi connectivity index (χ2n) is 6.26. The molecule has 2 N–H and O–H groups in total. The Morgan fingerprint density at radius 2 is 2.05 bits per heavy atom. The third kappa shape index (κ3) is 3.33. The molecule has 0 aromatic heterocycles. The topological polar surface area (TPSA) is 81.5 Å². The number of nitrogens with zero attached hydrogens (tertiary/aromatic N) is 1. The molecule has 0 aliphatic carbocycles. The number of nitrogens with one attached hydrogen (secondary N) is 1. The van der Waals surface area contributed by atoms with E-state index in [0.29, 0.717) is 23.6 Å². The van der Waals surface area contributed by atoms with E-state index in [1.807, 2.05) is 0 Å². The maximum atomic E-state index is 12.5. The molecule has 1 atom stereocenters. The fourth-order valence-electron chi connectivity index (χ4n) is 2.40. The molecule has 1 unspecified atom stereocenters. The molecule has 0 spiro atoms. The van der Waals surface area contributed by atoms with Crippen LogP contribution in [-0.2, 0) is 23.8 Å². The summed E-state index contributed by atoms with van der Waals surface area (Å²) >= 11 is 6.12. The summed E-state index contributed by atoms with van der Waals surface area (Å²) in [4.78, 5) is 12.5. The molecule has 2 rings (SSSR count). The average molecular weight is 343 g/mol. The van der Waals surface area contributed by atoms with Crippen molar-refractivity contribution in [2.45, 2.75) is 38.5 Å². The average Bonchev–Trinajstić information content (AvgIpc) is 2.43. The lowest BCUT2D eigenvalue weighted by Crippen LogP contribution is -2.36. The predicted molar refractivity (Wildman–Crippen MR) is 88.3 cm³/mol. The molecular formula is C15H19ClN2O3S. The van der Waals surface area contributed by atoms with Crippen molar-refractivity contribution >= 4 is 33.5 Å². The molecule has 22 heavy (non-hydrogen) atoms. The van der Waals surface area contributed by atoms with Crippen LogP contribution in [-0.4, -0.2) is 36.6 Å². The second-order valence-corrected chi connectivity index (χ2v) is 8.86. The van der Waals surface area contributed by atoms with Crippen LogP contribution in [0.2, 0.25) is 5.02 Å². The van der Waals surface area contributed by atoms with Gasteiger partial charge >= 0.3 is 6.09 Å². The number of fused-ring (bicyclic) bond motifs is 1. The highest BCUT2D eigenvalue weighted by Crippen LogP contribution is 2.29. The van der Waals surface area contributed by atoms with Gasteiger partial charge in [-0.05, 0) is 50.5 Å². The molecule has 0 radical (unpaired) electrons. The summed E-state index contributed by atoms with van der Waals surface area (Å²) < 4.78 is 11.9. The van der Waals surface area contributed by atoms with Crippen molar-refractivity contribution in [1.82, 2.24) is 4.90 Å². The smallest absolute Gasteiger partial charge is 0.407 e. The number of rotatable bonds is 1. The largest absolute Gasteiger partial charge is 0.465 e. The predicted octanol–water partition coefficient (Wildman–Crippen LogP) is 3.25. The van der Waals surface area contributed by atoms with E-state index in [0.717, 1.165) is 11.1 Å². The molecule has 1 amide bonds. The summed E-state index contributed by atoms with van der Waals surface area (Å²) in [6, 6.07) is 3.41. The van der Waals surface area contributed by atoms with Crippen molar-refractivity contribution in [2.24, 2.45) is 0 Å². The monoisotopic (exact) mass is 342 g/mol. The molecule has 5 nitrogen and oxygen atoms in total. The highest BCUT2D eigenvalue weighted by atomic mass is 35.5. The summed E-state index contributed by atoms with van der Waals surface area (Å²) in [5.41, 5.74) is 2.15. The van der Waals surface area contributed by atoms with E-state index in [4.69, 9.17) is 17.0 Å². The first-order valence-electron chi connectivity index (χ1n) is 6.91. The van der Waals surface area contributed by atoms with Crippen LogP contribution < -0.4 is 0 Å². The Hall–Kier alpha value is -1.40. The zero-order chi connectivity index (χ0) is 16.7. The van der Waals surface area contributed by atoms with Crippen molar-refractivity contribution < 1.29 is 14.1 Å². The fraction of sp³-hybridized carbons (Fsp3) is 0.467. The Morgan fingerprint density at radius 3 is 2.59 bits per heavy atom. The zero-order valence-corrected chi connectivity index (χ0v) is 14.3. The molecular weight excluding hydrogens is 324 g/mol. The Labute approximate surface area is 137 Å². The quantitative estimate of drug-likeness (QED) is 0.607. The minimum absolute atomic E-state index is 0.00140. The second kappa shape index (κ2) is 6.01. The fourth-order valence-corrected chi connectivity index (χ4v) is 3.64. The number of benzene rings is 1. The van der Waals surface area contributed by atoms with Gasteiger partial charge in [-0.2, -0.15) is 0 Å². The zero-order valence-electron chi connectivity index (χ0n) is 12.8. The summed E-state index contributed by atoms with van der Waals surface area (Å²) in [6.45, 7) is 6.01. The minimum Gasteiger partial charge on any atom is -0.465 e. The molecule has 1 aliphatic heterocycles. The van der Waals surface area contributed by atoms with Gasteiger partial charge < -0.3 is 10.0 Å². The van der Waals surface area contributed by atoms with Crippen LogP contribution in [0.25, 0.3) is 0 Å². The van der Waals surface area contributed by atoms with E-state index < -0.39 is 21.6 Å². The highest BCUT2D eigenvalue weighted by Gasteiger charge is 2.29. The van der Waals surface area contributed by atoms with Gasteiger partial charge in [0.2, 0.25) is 0 Å². The van der Waals surface area contributed by atoms with E-state index in [-0.39, 0.29) is 11.6 Å². The Kier molecular flexibility index (Phi) is 4.63. The van der Waals surface area contributed by atoms with E-state index in [1.165, 1.54) is 4.90 Å². The molecule has 1 heterocycles. The number of hydrogen-bond donors (Lipinski definition) is 2. The van der Waals surface area contributed by atoms with Gasteiger partial charge in [-0.1, -0.05) is 11.6 Å². The Bertz CT molecular complexity index is 667. The van der Waals surface area contributed by atoms with Gasteiger partial charge in [0.15, 0.2) is 0 Å². The number of amides is 1. The van der Waals surface area contributed by atoms with Crippen molar-refractivity contribution in [3.05, 3.63) is 33.8 Å². The van der Waals surface area contributed by atoms with Gasteiger partial charge in [0.05, 0.1) is 10.8 Å². The number of carboxylic acid groups (broad SMARTS) is 1. The van der Waals surface area contributed by atoms with Gasteiger partial charge in [-0.3, -0.25) is 9.62 Å². The lowest BCUT2D eigenvalue weighted by molar-refractivity contribution is 0.140. The van der Waals surface area contributed by atoms with E-state index in [1.54, 1.807) is 32.9 Å². The highest BCUT2D eigenvalue weighted by molar-refractivity contribution is 8.02. The molecule has 1 aromatic rings. The van der Waals surface area contributed by atoms with Crippen molar-refractivity contribution in [1.29, 1.82) is 5.41 Å². The van der Waals surface area contributed by atoms with Gasteiger partial charge in [0.25, 0.3) is 0 Å². The van der Waals surface area contributed by atoms with Crippen LogP contribution in [0.1, 0.15) is 37.5 Å². The Morgan fingerprint density at radius 1 is 1.41 bits per heavy atom. The third-order valence-corrected chi connectivity index (χ3v) is 5.49. The molecule has 0 saturated carbocycles. The SMILES string of the molecule is CC(C)(C)S(=O)C(=N)c1cc(Cl)cc2c1CN(C(=O)O)CC2. The lowest BCUT2D eigenvalue weighted by Gasteiger charge is -2.29. The van der Waals surface area contributed by atoms with Crippen LogP contribution in [0.4, 0.5) is 4.79 Å². The van der Waals surface area contributed by atoms with Gasteiger partial charge in [-0.25, -0.2) is 4.79 Å². The summed E-state index contributed by atoms with van der Waals surface area (Å²) in [5.74, 6) is 0. The van der Waals surface area contributed by atoms with Crippen LogP contribution in [0, 0.1) is 5.41 Å². The van der Waals surface area contributed by atoms with E-state index >= 15 is 0 Å². The van der Waals surface area contributed by atoms with Gasteiger partial charge in [-0.15, -0.1) is 0 Å². The first-order chi connectivity index (χ1) is 10.1. The van der Waals surface area contributed by atoms with Crippen LogP contribution in [0.3, 0.4) is 0 Å². The number of carbonyl (C=O) groups is 1. The normalized spacial score (nSPS) is 16.1. The first-order valence-corrected chi connectivity index (χ1v) is 8.44. The third-order valence-electron chi connectivity index (χ3n) is 3.56. The molecule has 120 valence electrons. The van der Waals surface area contributed by atoms with E-state index in [2.05, 4.69) is 0 Å². The van der Waals surface area contributed by atoms with Crippen LogP contribution >= 0.6 is 11.6 Å². The van der Waals surface area contributed by atoms with E-state index in [9.17, 15) is 14.1 Å². The van der Waals surface area contributed by atoms with Gasteiger partial charge in [0.1, 0.15) is 5.04 Å². The molecule has 7 heteroatoms. The summed E-state index contributed by atoms with van der Waals surface area (Å²) in [5, 5.41) is 17.9.